The molecule has 0 radical (unpaired) electrons. The molecule has 0 aliphatic heterocycles. The van der Waals surface area contributed by atoms with Crippen molar-refractivity contribution in [2.24, 2.45) is 11.8 Å². The molecular formula is C17H25BF2O3. The van der Waals surface area contributed by atoms with Crippen molar-refractivity contribution in [1.82, 2.24) is 0 Å². The SMILES string of the molecule is CCCC1CCC(CCc2cc(F)c(OB(O)O)c(F)c2)CC1. The lowest BCUT2D eigenvalue weighted by Gasteiger charge is -2.28. The van der Waals surface area contributed by atoms with E-state index in [0.717, 1.165) is 12.3 Å². The second-order valence-electron chi connectivity index (χ2n) is 6.55. The fourth-order valence-electron chi connectivity index (χ4n) is 3.56. The Bertz CT molecular complexity index is 480. The zero-order valence-corrected chi connectivity index (χ0v) is 13.6. The number of hydrogen-bond donors (Lipinski definition) is 2. The summed E-state index contributed by atoms with van der Waals surface area (Å²) in [5.41, 5.74) is 0.579. The standard InChI is InChI=1S/C17H25BF2O3/c1-2-3-12-4-6-13(7-5-12)8-9-14-10-15(19)17(16(20)11-14)23-18(21)22/h10-13,21-22H,2-9H2,1H3. The third kappa shape index (κ3) is 5.46. The highest BCUT2D eigenvalue weighted by molar-refractivity contribution is 6.33. The second-order valence-corrected chi connectivity index (χ2v) is 6.55. The maximum Gasteiger partial charge on any atom is 0.707 e. The van der Waals surface area contributed by atoms with Gasteiger partial charge in [0.2, 0.25) is 0 Å². The molecule has 0 atom stereocenters. The summed E-state index contributed by atoms with van der Waals surface area (Å²) in [7, 11) is -2.23. The topological polar surface area (TPSA) is 49.7 Å². The molecule has 2 rings (SSSR count). The van der Waals surface area contributed by atoms with Crippen LogP contribution in [0, 0.1) is 23.5 Å². The highest BCUT2D eigenvalue weighted by Crippen LogP contribution is 2.34. The first-order chi connectivity index (χ1) is 11.0. The van der Waals surface area contributed by atoms with Crippen LogP contribution < -0.4 is 4.65 Å². The highest BCUT2D eigenvalue weighted by Gasteiger charge is 2.22. The normalized spacial score (nSPS) is 21.3. The van der Waals surface area contributed by atoms with E-state index in [4.69, 9.17) is 10.0 Å². The van der Waals surface area contributed by atoms with Gasteiger partial charge in [-0.2, -0.15) is 0 Å². The zero-order valence-electron chi connectivity index (χ0n) is 13.6. The minimum absolute atomic E-state index is 0.579. The molecule has 1 aromatic rings. The highest BCUT2D eigenvalue weighted by atomic mass is 19.1. The van der Waals surface area contributed by atoms with Crippen molar-refractivity contribution >= 4 is 7.32 Å². The van der Waals surface area contributed by atoms with Gasteiger partial charge in [-0.05, 0) is 42.4 Å². The predicted octanol–water partition coefficient (Wildman–Crippen LogP) is 3.85. The maximum atomic E-state index is 13.8. The number of hydrogen-bond acceptors (Lipinski definition) is 3. The average Bonchev–Trinajstić information content (AvgIpc) is 2.50. The molecule has 1 aromatic carbocycles. The molecule has 128 valence electrons. The van der Waals surface area contributed by atoms with Crippen molar-refractivity contribution in [1.29, 1.82) is 0 Å². The van der Waals surface area contributed by atoms with Gasteiger partial charge in [0.1, 0.15) is 0 Å². The smallest absolute Gasteiger partial charge is 0.508 e. The lowest BCUT2D eigenvalue weighted by Crippen LogP contribution is -2.22. The van der Waals surface area contributed by atoms with Crippen LogP contribution in [0.4, 0.5) is 8.78 Å². The molecule has 1 fully saturated rings. The molecule has 1 aliphatic rings. The van der Waals surface area contributed by atoms with E-state index < -0.39 is 24.7 Å². The molecular weight excluding hydrogens is 301 g/mol. The van der Waals surface area contributed by atoms with Gasteiger partial charge >= 0.3 is 7.32 Å². The first-order valence-electron chi connectivity index (χ1n) is 8.50. The summed E-state index contributed by atoms with van der Waals surface area (Å²) in [6, 6.07) is 2.42. The minimum Gasteiger partial charge on any atom is -0.508 e. The molecule has 1 aliphatic carbocycles. The number of benzene rings is 1. The Morgan fingerprint density at radius 1 is 1.04 bits per heavy atom. The van der Waals surface area contributed by atoms with Crippen LogP contribution in [0.1, 0.15) is 57.4 Å². The molecule has 0 spiro atoms. The molecule has 0 amide bonds. The number of halogens is 2. The van der Waals surface area contributed by atoms with Gasteiger partial charge in [-0.15, -0.1) is 0 Å². The summed E-state index contributed by atoms with van der Waals surface area (Å²) in [5, 5.41) is 17.3. The van der Waals surface area contributed by atoms with Crippen LogP contribution in [0.15, 0.2) is 12.1 Å². The summed E-state index contributed by atoms with van der Waals surface area (Å²) in [5.74, 6) is -1.07. The Balaban J connectivity index is 1.87. The van der Waals surface area contributed by atoms with Gasteiger partial charge in [0.05, 0.1) is 0 Å². The first kappa shape index (κ1) is 18.2. The lowest BCUT2D eigenvalue weighted by atomic mass is 9.78. The molecule has 0 aromatic heterocycles. The summed E-state index contributed by atoms with van der Waals surface area (Å²) >= 11 is 0. The monoisotopic (exact) mass is 326 g/mol. The van der Waals surface area contributed by atoms with E-state index in [9.17, 15) is 8.78 Å². The fourth-order valence-corrected chi connectivity index (χ4v) is 3.56. The summed E-state index contributed by atoms with van der Waals surface area (Å²) in [4.78, 5) is 0. The molecule has 2 N–H and O–H groups in total. The Morgan fingerprint density at radius 3 is 2.04 bits per heavy atom. The zero-order chi connectivity index (χ0) is 16.8. The molecule has 3 nitrogen and oxygen atoms in total. The molecule has 6 heteroatoms. The van der Waals surface area contributed by atoms with Crippen LogP contribution in [0.3, 0.4) is 0 Å². The van der Waals surface area contributed by atoms with Crippen LogP contribution in [-0.2, 0) is 6.42 Å². The predicted molar refractivity (Wildman–Crippen MR) is 85.9 cm³/mol. The van der Waals surface area contributed by atoms with E-state index in [0.29, 0.717) is 17.9 Å². The summed E-state index contributed by atoms with van der Waals surface area (Å²) < 4.78 is 31.9. The third-order valence-electron chi connectivity index (χ3n) is 4.79. The van der Waals surface area contributed by atoms with Crippen molar-refractivity contribution in [3.8, 4) is 5.75 Å². The summed E-state index contributed by atoms with van der Waals surface area (Å²) in [6.45, 7) is 2.22. The van der Waals surface area contributed by atoms with E-state index in [1.54, 1.807) is 0 Å². The average molecular weight is 326 g/mol. The largest absolute Gasteiger partial charge is 0.707 e. The Kier molecular flexibility index (Phi) is 6.84. The van der Waals surface area contributed by atoms with E-state index >= 15 is 0 Å². The lowest BCUT2D eigenvalue weighted by molar-refractivity contribution is 0.252. The minimum atomic E-state index is -2.23. The molecule has 0 heterocycles. The molecule has 0 unspecified atom stereocenters. The van der Waals surface area contributed by atoms with Gasteiger partial charge in [0, 0.05) is 0 Å². The van der Waals surface area contributed by atoms with Crippen LogP contribution in [-0.4, -0.2) is 17.4 Å². The molecule has 1 saturated carbocycles. The van der Waals surface area contributed by atoms with Crippen molar-refractivity contribution in [2.75, 3.05) is 0 Å². The van der Waals surface area contributed by atoms with E-state index in [-0.39, 0.29) is 0 Å². The van der Waals surface area contributed by atoms with Crippen LogP contribution in [0.25, 0.3) is 0 Å². The van der Waals surface area contributed by atoms with Gasteiger partial charge in [0.15, 0.2) is 17.4 Å². The van der Waals surface area contributed by atoms with Gasteiger partial charge in [-0.25, -0.2) is 8.78 Å². The summed E-state index contributed by atoms with van der Waals surface area (Å²) in [6.07, 6.45) is 9.04. The number of rotatable bonds is 7. The van der Waals surface area contributed by atoms with Crippen LogP contribution in [0.5, 0.6) is 5.75 Å². The van der Waals surface area contributed by atoms with Gasteiger partial charge in [0.25, 0.3) is 0 Å². The third-order valence-corrected chi connectivity index (χ3v) is 4.79. The molecule has 0 saturated heterocycles. The van der Waals surface area contributed by atoms with Gasteiger partial charge in [-0.3, -0.25) is 0 Å². The Morgan fingerprint density at radius 2 is 1.57 bits per heavy atom. The van der Waals surface area contributed by atoms with E-state index in [2.05, 4.69) is 11.6 Å². The van der Waals surface area contributed by atoms with Crippen molar-refractivity contribution in [3.63, 3.8) is 0 Å². The van der Waals surface area contributed by atoms with E-state index in [1.807, 2.05) is 0 Å². The second kappa shape index (κ2) is 8.64. The molecule has 23 heavy (non-hydrogen) atoms. The van der Waals surface area contributed by atoms with Gasteiger partial charge < -0.3 is 14.7 Å². The van der Waals surface area contributed by atoms with Crippen molar-refractivity contribution in [2.45, 2.75) is 58.3 Å². The van der Waals surface area contributed by atoms with Crippen molar-refractivity contribution in [3.05, 3.63) is 29.3 Å². The Labute approximate surface area is 136 Å². The fraction of sp³-hybridized carbons (Fsp3) is 0.647. The van der Waals surface area contributed by atoms with Gasteiger partial charge in [-0.1, -0.05) is 45.4 Å². The van der Waals surface area contributed by atoms with Crippen LogP contribution >= 0.6 is 0 Å². The number of aryl methyl sites for hydroxylation is 1. The van der Waals surface area contributed by atoms with E-state index in [1.165, 1.54) is 50.7 Å². The first-order valence-corrected chi connectivity index (χ1v) is 8.50. The van der Waals surface area contributed by atoms with Crippen molar-refractivity contribution < 1.29 is 23.5 Å². The quantitative estimate of drug-likeness (QED) is 0.748. The van der Waals surface area contributed by atoms with Crippen LogP contribution in [0.2, 0.25) is 0 Å². The maximum absolute atomic E-state index is 13.8. The molecule has 0 bridgehead atoms. The Hall–Kier alpha value is -1.14.